The molecule has 2 aromatic carbocycles. The van der Waals surface area contributed by atoms with Crippen LogP contribution in [0, 0.1) is 17.6 Å². The Hall–Kier alpha value is -1.98. The quantitative estimate of drug-likeness (QED) is 0.876. The molecule has 0 saturated carbocycles. The fraction of sp³-hybridized carbons (Fsp3) is 0.368. The van der Waals surface area contributed by atoms with Gasteiger partial charge in [0.25, 0.3) is 0 Å². The Balaban J connectivity index is 1.91. The van der Waals surface area contributed by atoms with Crippen LogP contribution in [0.2, 0.25) is 0 Å². The molecule has 1 heterocycles. The van der Waals surface area contributed by atoms with Crippen LogP contribution in [0.4, 0.5) is 8.78 Å². The highest BCUT2D eigenvalue weighted by atomic mass is 19.1. The summed E-state index contributed by atoms with van der Waals surface area (Å²) >= 11 is 0. The van der Waals surface area contributed by atoms with E-state index in [1.807, 2.05) is 31.2 Å². The van der Waals surface area contributed by atoms with Crippen molar-refractivity contribution in [3.05, 3.63) is 65.2 Å². The lowest BCUT2D eigenvalue weighted by Gasteiger charge is -2.36. The molecule has 5 heteroatoms. The molecule has 1 aliphatic rings. The second-order valence-electron chi connectivity index (χ2n) is 6.06. The van der Waals surface area contributed by atoms with E-state index in [9.17, 15) is 13.9 Å². The minimum absolute atomic E-state index is 0.0334. The SMILES string of the molecule is CCC(N[C@H]1c2ccccc2OC[C@H]1CO)c1ccc(F)cc1F. The second kappa shape index (κ2) is 7.28. The predicted octanol–water partition coefficient (Wildman–Crippen LogP) is 3.75. The Kier molecular flexibility index (Phi) is 5.11. The molecule has 0 amide bonds. The van der Waals surface area contributed by atoms with Gasteiger partial charge in [-0.2, -0.15) is 0 Å². The first-order chi connectivity index (χ1) is 11.6. The molecular weight excluding hydrogens is 312 g/mol. The number of para-hydroxylation sites is 1. The topological polar surface area (TPSA) is 41.5 Å². The van der Waals surface area contributed by atoms with E-state index in [1.54, 1.807) is 0 Å². The number of nitrogens with one attached hydrogen (secondary N) is 1. The zero-order valence-electron chi connectivity index (χ0n) is 13.5. The molecule has 0 aliphatic carbocycles. The minimum Gasteiger partial charge on any atom is -0.493 e. The lowest BCUT2D eigenvalue weighted by atomic mass is 9.89. The van der Waals surface area contributed by atoms with E-state index in [4.69, 9.17) is 4.74 Å². The van der Waals surface area contributed by atoms with Gasteiger partial charge in [0.2, 0.25) is 0 Å². The highest BCUT2D eigenvalue weighted by Gasteiger charge is 2.32. The number of fused-ring (bicyclic) bond motifs is 1. The van der Waals surface area contributed by atoms with Crippen molar-refractivity contribution in [3.8, 4) is 5.75 Å². The number of hydrogen-bond acceptors (Lipinski definition) is 3. The summed E-state index contributed by atoms with van der Waals surface area (Å²) < 4.78 is 33.0. The molecule has 0 radical (unpaired) electrons. The summed E-state index contributed by atoms with van der Waals surface area (Å²) in [5, 5.41) is 13.1. The summed E-state index contributed by atoms with van der Waals surface area (Å²) in [6, 6.07) is 10.9. The van der Waals surface area contributed by atoms with Crippen molar-refractivity contribution in [1.29, 1.82) is 0 Å². The van der Waals surface area contributed by atoms with E-state index in [0.29, 0.717) is 18.6 Å². The molecule has 0 bridgehead atoms. The maximum Gasteiger partial charge on any atom is 0.130 e. The Morgan fingerprint density at radius 2 is 2.04 bits per heavy atom. The van der Waals surface area contributed by atoms with Crippen LogP contribution in [0.15, 0.2) is 42.5 Å². The fourth-order valence-electron chi connectivity index (χ4n) is 3.23. The lowest BCUT2D eigenvalue weighted by Crippen LogP contribution is -2.39. The summed E-state index contributed by atoms with van der Waals surface area (Å²) in [7, 11) is 0. The van der Waals surface area contributed by atoms with Crippen molar-refractivity contribution in [2.24, 2.45) is 5.92 Å². The predicted molar refractivity (Wildman–Crippen MR) is 87.8 cm³/mol. The first-order valence-corrected chi connectivity index (χ1v) is 8.17. The van der Waals surface area contributed by atoms with Crippen molar-refractivity contribution >= 4 is 0 Å². The van der Waals surface area contributed by atoms with E-state index in [1.165, 1.54) is 12.1 Å². The van der Waals surface area contributed by atoms with E-state index in [2.05, 4.69) is 5.32 Å². The smallest absolute Gasteiger partial charge is 0.130 e. The monoisotopic (exact) mass is 333 g/mol. The molecule has 1 aliphatic heterocycles. The van der Waals surface area contributed by atoms with Crippen LogP contribution in [-0.4, -0.2) is 18.3 Å². The molecule has 3 nitrogen and oxygen atoms in total. The van der Waals surface area contributed by atoms with Crippen molar-refractivity contribution in [3.63, 3.8) is 0 Å². The van der Waals surface area contributed by atoms with Crippen molar-refractivity contribution in [2.45, 2.75) is 25.4 Å². The molecular formula is C19H21F2NO2. The van der Waals surface area contributed by atoms with Gasteiger partial charge in [-0.25, -0.2) is 8.78 Å². The molecule has 3 atom stereocenters. The molecule has 2 N–H and O–H groups in total. The summed E-state index contributed by atoms with van der Waals surface area (Å²) in [6.45, 7) is 2.31. The highest BCUT2D eigenvalue weighted by Crippen LogP contribution is 2.37. The van der Waals surface area contributed by atoms with Gasteiger partial charge < -0.3 is 15.2 Å². The van der Waals surface area contributed by atoms with Crippen LogP contribution in [0.3, 0.4) is 0 Å². The summed E-state index contributed by atoms with van der Waals surface area (Å²) in [5.41, 5.74) is 1.38. The molecule has 0 fully saturated rings. The van der Waals surface area contributed by atoms with E-state index >= 15 is 0 Å². The number of halogens is 2. The second-order valence-corrected chi connectivity index (χ2v) is 6.06. The van der Waals surface area contributed by atoms with Crippen LogP contribution < -0.4 is 10.1 Å². The van der Waals surface area contributed by atoms with Crippen LogP contribution >= 0.6 is 0 Å². The third kappa shape index (κ3) is 3.28. The molecule has 128 valence electrons. The third-order valence-electron chi connectivity index (χ3n) is 4.54. The van der Waals surface area contributed by atoms with E-state index in [0.717, 1.165) is 17.4 Å². The van der Waals surface area contributed by atoms with Crippen LogP contribution in [-0.2, 0) is 0 Å². The molecule has 24 heavy (non-hydrogen) atoms. The summed E-state index contributed by atoms with van der Waals surface area (Å²) in [6.07, 6.45) is 0.639. The van der Waals surface area contributed by atoms with Gasteiger partial charge in [0.1, 0.15) is 17.4 Å². The Bertz CT molecular complexity index is 708. The van der Waals surface area contributed by atoms with Gasteiger partial charge in [-0.05, 0) is 18.6 Å². The van der Waals surface area contributed by atoms with E-state index < -0.39 is 11.6 Å². The molecule has 0 aromatic heterocycles. The largest absolute Gasteiger partial charge is 0.493 e. The number of rotatable bonds is 5. The van der Waals surface area contributed by atoms with Gasteiger partial charge in [-0.3, -0.25) is 0 Å². The summed E-state index contributed by atoms with van der Waals surface area (Å²) in [5.74, 6) is -0.502. The highest BCUT2D eigenvalue weighted by molar-refractivity contribution is 5.38. The number of aliphatic hydroxyl groups excluding tert-OH is 1. The first kappa shape index (κ1) is 16.9. The molecule has 0 spiro atoms. The summed E-state index contributed by atoms with van der Waals surface area (Å²) in [4.78, 5) is 0. The Morgan fingerprint density at radius 3 is 2.75 bits per heavy atom. The van der Waals surface area contributed by atoms with Gasteiger partial charge in [0.05, 0.1) is 13.2 Å². The van der Waals surface area contributed by atoms with E-state index in [-0.39, 0.29) is 24.6 Å². The molecule has 3 rings (SSSR count). The number of hydrogen-bond donors (Lipinski definition) is 2. The standard InChI is InChI=1S/C19H21F2NO2/c1-2-17(14-8-7-13(20)9-16(14)21)22-19-12(10-23)11-24-18-6-4-3-5-15(18)19/h3-9,12,17,19,22-23H,2,10-11H2,1H3/t12-,17?,19-/m1/s1. The molecule has 0 saturated heterocycles. The lowest BCUT2D eigenvalue weighted by molar-refractivity contribution is 0.105. The number of benzene rings is 2. The average molecular weight is 333 g/mol. The Labute approximate surface area is 140 Å². The van der Waals surface area contributed by atoms with Crippen molar-refractivity contribution in [2.75, 3.05) is 13.2 Å². The maximum atomic E-state index is 14.2. The zero-order chi connectivity index (χ0) is 17.1. The molecule has 1 unspecified atom stereocenters. The maximum absolute atomic E-state index is 14.2. The van der Waals surface area contributed by atoms with Crippen LogP contribution in [0.1, 0.15) is 36.6 Å². The Morgan fingerprint density at radius 1 is 1.25 bits per heavy atom. The van der Waals surface area contributed by atoms with Crippen LogP contribution in [0.5, 0.6) is 5.75 Å². The van der Waals surface area contributed by atoms with Crippen molar-refractivity contribution < 1.29 is 18.6 Å². The number of ether oxygens (including phenoxy) is 1. The van der Waals surface area contributed by atoms with Crippen molar-refractivity contribution in [1.82, 2.24) is 5.32 Å². The van der Waals surface area contributed by atoms with Gasteiger partial charge in [0.15, 0.2) is 0 Å². The molecule has 2 aromatic rings. The normalized spacial score (nSPS) is 21.0. The third-order valence-corrected chi connectivity index (χ3v) is 4.54. The first-order valence-electron chi connectivity index (χ1n) is 8.17. The van der Waals surface area contributed by atoms with Crippen LogP contribution in [0.25, 0.3) is 0 Å². The minimum atomic E-state index is -0.587. The van der Waals surface area contributed by atoms with Gasteiger partial charge in [0, 0.05) is 35.2 Å². The van der Waals surface area contributed by atoms with Gasteiger partial charge >= 0.3 is 0 Å². The van der Waals surface area contributed by atoms with Gasteiger partial charge in [-0.15, -0.1) is 0 Å². The van der Waals surface area contributed by atoms with Gasteiger partial charge in [-0.1, -0.05) is 31.2 Å². The fourth-order valence-corrected chi connectivity index (χ4v) is 3.23. The average Bonchev–Trinajstić information content (AvgIpc) is 2.60. The number of aliphatic hydroxyl groups is 1. The zero-order valence-corrected chi connectivity index (χ0v) is 13.5.